The highest BCUT2D eigenvalue weighted by Crippen LogP contribution is 2.42. The van der Waals surface area contributed by atoms with Crippen LogP contribution in [-0.4, -0.2) is 41.9 Å². The van der Waals surface area contributed by atoms with Gasteiger partial charge in [0.15, 0.2) is 0 Å². The molecule has 2 fully saturated rings. The van der Waals surface area contributed by atoms with Crippen LogP contribution in [0.4, 0.5) is 4.79 Å². The van der Waals surface area contributed by atoms with Gasteiger partial charge < -0.3 is 14.4 Å². The fourth-order valence-electron chi connectivity index (χ4n) is 3.48. The maximum Gasteiger partial charge on any atom is 0.410 e. The van der Waals surface area contributed by atoms with Crippen molar-refractivity contribution >= 4 is 6.09 Å². The largest absolute Gasteiger partial charge is 0.444 e. The van der Waals surface area contributed by atoms with Crippen molar-refractivity contribution in [1.82, 2.24) is 4.90 Å². The van der Waals surface area contributed by atoms with Gasteiger partial charge in [0, 0.05) is 7.05 Å². The van der Waals surface area contributed by atoms with Crippen molar-refractivity contribution in [3.8, 4) is 0 Å². The molecule has 1 saturated carbocycles. The molecule has 20 heavy (non-hydrogen) atoms. The Morgan fingerprint density at radius 3 is 2.65 bits per heavy atom. The number of rotatable bonds is 1. The summed E-state index contributed by atoms with van der Waals surface area (Å²) in [6.07, 6.45) is 5.52. The molecule has 0 aromatic carbocycles. The lowest BCUT2D eigenvalue weighted by Gasteiger charge is -2.36. The van der Waals surface area contributed by atoms with Gasteiger partial charge in [0.25, 0.3) is 0 Å². The Bertz CT molecular complexity index is 363. The quantitative estimate of drug-likeness (QED) is 0.738. The lowest BCUT2D eigenvalue weighted by atomic mass is 9.77. The first-order valence-electron chi connectivity index (χ1n) is 7.81. The van der Waals surface area contributed by atoms with Gasteiger partial charge in [0.2, 0.25) is 0 Å². The summed E-state index contributed by atoms with van der Waals surface area (Å²) in [6, 6.07) is 0.148. The molecule has 0 radical (unpaired) electrons. The second kappa shape index (κ2) is 5.55. The first kappa shape index (κ1) is 15.6. The number of likely N-dealkylation sites (N-methyl/N-ethyl adjacent to an activating group) is 1. The summed E-state index contributed by atoms with van der Waals surface area (Å²) < 4.78 is 11.6. The monoisotopic (exact) mass is 283 g/mol. The summed E-state index contributed by atoms with van der Waals surface area (Å²) in [7, 11) is 1.83. The fourth-order valence-corrected chi connectivity index (χ4v) is 3.48. The normalized spacial score (nSPS) is 34.2. The predicted molar refractivity (Wildman–Crippen MR) is 78.7 cm³/mol. The molecule has 1 heterocycles. The molecule has 1 aliphatic carbocycles. The topological polar surface area (TPSA) is 38.8 Å². The zero-order valence-electron chi connectivity index (χ0n) is 13.6. The number of amides is 1. The van der Waals surface area contributed by atoms with Crippen molar-refractivity contribution in [2.45, 2.75) is 77.0 Å². The predicted octanol–water partition coefficient (Wildman–Crippen LogP) is 3.59. The SMILES string of the molecule is C[C@@H]1CCC[C@@]2(C1)C[C@H](N(C)C(=O)OC(C)(C)C)CO2. The Kier molecular flexibility index (Phi) is 4.33. The van der Waals surface area contributed by atoms with E-state index in [0.717, 1.165) is 25.2 Å². The van der Waals surface area contributed by atoms with Crippen LogP contribution in [0.1, 0.15) is 59.8 Å². The van der Waals surface area contributed by atoms with Crippen LogP contribution in [0.3, 0.4) is 0 Å². The zero-order chi connectivity index (χ0) is 15.0. The van der Waals surface area contributed by atoms with E-state index in [1.54, 1.807) is 4.90 Å². The third kappa shape index (κ3) is 3.66. The van der Waals surface area contributed by atoms with Crippen molar-refractivity contribution in [3.63, 3.8) is 0 Å². The minimum absolute atomic E-state index is 0.0125. The highest BCUT2D eigenvalue weighted by molar-refractivity contribution is 5.68. The van der Waals surface area contributed by atoms with Crippen LogP contribution in [0.2, 0.25) is 0 Å². The molecule has 1 spiro atoms. The van der Waals surface area contributed by atoms with Crippen LogP contribution in [0.15, 0.2) is 0 Å². The van der Waals surface area contributed by atoms with E-state index in [4.69, 9.17) is 9.47 Å². The third-order valence-electron chi connectivity index (χ3n) is 4.47. The molecule has 116 valence electrons. The summed E-state index contributed by atoms with van der Waals surface area (Å²) in [5.74, 6) is 0.731. The summed E-state index contributed by atoms with van der Waals surface area (Å²) >= 11 is 0. The van der Waals surface area contributed by atoms with E-state index in [0.29, 0.717) is 6.61 Å². The highest BCUT2D eigenvalue weighted by atomic mass is 16.6. The second-order valence-corrected chi connectivity index (χ2v) is 7.64. The molecule has 1 amide bonds. The molecule has 2 rings (SSSR count). The molecule has 0 unspecified atom stereocenters. The first-order valence-corrected chi connectivity index (χ1v) is 7.81. The van der Waals surface area contributed by atoms with Gasteiger partial charge in [-0.3, -0.25) is 0 Å². The van der Waals surface area contributed by atoms with Crippen molar-refractivity contribution in [2.75, 3.05) is 13.7 Å². The van der Waals surface area contributed by atoms with Crippen LogP contribution >= 0.6 is 0 Å². The number of carbonyl (C=O) groups is 1. The average Bonchev–Trinajstić information content (AvgIpc) is 2.69. The molecule has 3 atom stereocenters. The van der Waals surface area contributed by atoms with E-state index in [1.165, 1.54) is 12.8 Å². The lowest BCUT2D eigenvalue weighted by molar-refractivity contribution is -0.0386. The minimum atomic E-state index is -0.443. The molecule has 0 bridgehead atoms. The summed E-state index contributed by atoms with van der Waals surface area (Å²) in [5.41, 5.74) is -0.430. The molecular weight excluding hydrogens is 254 g/mol. The molecule has 4 nitrogen and oxygen atoms in total. The first-order chi connectivity index (χ1) is 9.21. The average molecular weight is 283 g/mol. The number of ether oxygens (including phenoxy) is 2. The Morgan fingerprint density at radius 2 is 2.05 bits per heavy atom. The van der Waals surface area contributed by atoms with Crippen molar-refractivity contribution in [2.24, 2.45) is 5.92 Å². The van der Waals surface area contributed by atoms with Crippen LogP contribution in [0.25, 0.3) is 0 Å². The van der Waals surface area contributed by atoms with Gasteiger partial charge in [0.1, 0.15) is 5.60 Å². The van der Waals surface area contributed by atoms with Gasteiger partial charge in [-0.25, -0.2) is 4.79 Å². The van der Waals surface area contributed by atoms with Crippen molar-refractivity contribution in [1.29, 1.82) is 0 Å². The Balaban J connectivity index is 1.93. The molecular formula is C16H29NO3. The fraction of sp³-hybridized carbons (Fsp3) is 0.938. The Morgan fingerprint density at radius 1 is 1.35 bits per heavy atom. The van der Waals surface area contributed by atoms with Crippen LogP contribution < -0.4 is 0 Å². The highest BCUT2D eigenvalue weighted by Gasteiger charge is 2.45. The standard InChI is InChI=1S/C16H29NO3/c1-12-7-6-8-16(9-12)10-13(11-19-16)17(5)14(18)20-15(2,3)4/h12-13H,6-11H2,1-5H3/t12-,13+,16-/m1/s1. The number of hydrogen-bond donors (Lipinski definition) is 0. The van der Waals surface area contributed by atoms with E-state index < -0.39 is 5.60 Å². The lowest BCUT2D eigenvalue weighted by Crippen LogP contribution is -2.42. The van der Waals surface area contributed by atoms with Crippen LogP contribution in [0.5, 0.6) is 0 Å². The van der Waals surface area contributed by atoms with Crippen LogP contribution in [0, 0.1) is 5.92 Å². The summed E-state index contributed by atoms with van der Waals surface area (Å²) in [4.78, 5) is 13.9. The van der Waals surface area contributed by atoms with E-state index in [9.17, 15) is 4.79 Å². The van der Waals surface area contributed by atoms with E-state index in [1.807, 2.05) is 27.8 Å². The molecule has 0 aromatic heterocycles. The van der Waals surface area contributed by atoms with E-state index in [-0.39, 0.29) is 17.7 Å². The minimum Gasteiger partial charge on any atom is -0.444 e. The molecule has 2 aliphatic rings. The van der Waals surface area contributed by atoms with Crippen LogP contribution in [-0.2, 0) is 9.47 Å². The van der Waals surface area contributed by atoms with Gasteiger partial charge >= 0.3 is 6.09 Å². The van der Waals surface area contributed by atoms with Crippen molar-refractivity contribution in [3.05, 3.63) is 0 Å². The Labute approximate surface area is 122 Å². The summed E-state index contributed by atoms with van der Waals surface area (Å²) in [5, 5.41) is 0. The van der Waals surface area contributed by atoms with E-state index >= 15 is 0 Å². The summed E-state index contributed by atoms with van der Waals surface area (Å²) in [6.45, 7) is 8.63. The molecule has 1 saturated heterocycles. The van der Waals surface area contributed by atoms with Gasteiger partial charge in [-0.15, -0.1) is 0 Å². The zero-order valence-corrected chi connectivity index (χ0v) is 13.6. The number of nitrogens with zero attached hydrogens (tertiary/aromatic N) is 1. The molecule has 0 aromatic rings. The maximum atomic E-state index is 12.1. The molecule has 1 aliphatic heterocycles. The third-order valence-corrected chi connectivity index (χ3v) is 4.47. The van der Waals surface area contributed by atoms with Crippen molar-refractivity contribution < 1.29 is 14.3 Å². The Hall–Kier alpha value is -0.770. The maximum absolute atomic E-state index is 12.1. The van der Waals surface area contributed by atoms with E-state index in [2.05, 4.69) is 6.92 Å². The van der Waals surface area contributed by atoms with Gasteiger partial charge in [-0.2, -0.15) is 0 Å². The van der Waals surface area contributed by atoms with Gasteiger partial charge in [0.05, 0.1) is 18.2 Å². The number of carbonyl (C=O) groups excluding carboxylic acids is 1. The smallest absolute Gasteiger partial charge is 0.410 e. The van der Waals surface area contributed by atoms with Gasteiger partial charge in [-0.1, -0.05) is 19.8 Å². The molecule has 4 heteroatoms. The van der Waals surface area contributed by atoms with Gasteiger partial charge in [-0.05, 0) is 46.0 Å². The molecule has 0 N–H and O–H groups in total. The second-order valence-electron chi connectivity index (χ2n) is 7.64. The number of hydrogen-bond acceptors (Lipinski definition) is 3.